The van der Waals surface area contributed by atoms with Crippen LogP contribution in [0.4, 0.5) is 0 Å². The van der Waals surface area contributed by atoms with Crippen LogP contribution < -0.4 is 10.6 Å². The van der Waals surface area contributed by atoms with Crippen LogP contribution in [-0.2, 0) is 0 Å². The quantitative estimate of drug-likeness (QED) is 0.739. The fourth-order valence-corrected chi connectivity index (χ4v) is 1.81. The van der Waals surface area contributed by atoms with Crippen molar-refractivity contribution < 1.29 is 0 Å². The minimum absolute atomic E-state index is 0.171. The van der Waals surface area contributed by atoms with Crippen LogP contribution in [0.15, 0.2) is 24.3 Å². The van der Waals surface area contributed by atoms with Crippen LogP contribution in [0.2, 0.25) is 0 Å². The number of rotatable bonds is 4. The molecule has 1 aliphatic rings. The van der Waals surface area contributed by atoms with E-state index in [0.717, 1.165) is 13.1 Å². The summed E-state index contributed by atoms with van der Waals surface area (Å²) in [6.45, 7) is 10.9. The lowest BCUT2D eigenvalue weighted by Crippen LogP contribution is -2.48. The minimum Gasteiger partial charge on any atom is -0.316 e. The molecular weight excluding hydrogens is 184 g/mol. The molecule has 86 valence electrons. The second kappa shape index (κ2) is 5.47. The molecule has 1 aliphatic carbocycles. The molecule has 0 aromatic heterocycles. The van der Waals surface area contributed by atoms with Gasteiger partial charge in [-0.15, -0.1) is 0 Å². The Balaban J connectivity index is 2.52. The van der Waals surface area contributed by atoms with Crippen LogP contribution in [0.3, 0.4) is 0 Å². The molecule has 0 fully saturated rings. The van der Waals surface area contributed by atoms with Gasteiger partial charge in [-0.3, -0.25) is 0 Å². The number of allylic oxidation sites excluding steroid dienone is 2. The van der Waals surface area contributed by atoms with Crippen molar-refractivity contribution in [3.05, 3.63) is 24.3 Å². The lowest BCUT2D eigenvalue weighted by atomic mass is 9.92. The Kier molecular flexibility index (Phi) is 4.55. The van der Waals surface area contributed by atoms with Crippen molar-refractivity contribution in [1.82, 2.24) is 10.6 Å². The van der Waals surface area contributed by atoms with E-state index in [4.69, 9.17) is 0 Å². The zero-order chi connectivity index (χ0) is 11.3. The zero-order valence-electron chi connectivity index (χ0n) is 10.4. The van der Waals surface area contributed by atoms with Gasteiger partial charge in [-0.05, 0) is 27.3 Å². The first-order valence-corrected chi connectivity index (χ1v) is 5.86. The van der Waals surface area contributed by atoms with Gasteiger partial charge in [-0.1, -0.05) is 31.2 Å². The Bertz CT molecular complexity index is 235. The molecule has 2 nitrogen and oxygen atoms in total. The highest BCUT2D eigenvalue weighted by Gasteiger charge is 2.22. The third kappa shape index (κ3) is 4.63. The Hall–Kier alpha value is -0.600. The van der Waals surface area contributed by atoms with Gasteiger partial charge >= 0.3 is 0 Å². The van der Waals surface area contributed by atoms with E-state index >= 15 is 0 Å². The SMILES string of the molecule is CCNCC1C=CC=CC1NC(C)(C)C. The summed E-state index contributed by atoms with van der Waals surface area (Å²) in [5.41, 5.74) is 0.171. The lowest BCUT2D eigenvalue weighted by molar-refractivity contribution is 0.339. The van der Waals surface area contributed by atoms with Gasteiger partial charge in [0, 0.05) is 24.0 Å². The van der Waals surface area contributed by atoms with Crippen molar-refractivity contribution in [2.24, 2.45) is 5.92 Å². The number of hydrogen-bond donors (Lipinski definition) is 2. The first-order chi connectivity index (χ1) is 7.03. The zero-order valence-corrected chi connectivity index (χ0v) is 10.4. The average Bonchev–Trinajstić information content (AvgIpc) is 2.14. The second-order valence-electron chi connectivity index (χ2n) is 5.16. The molecule has 0 aromatic rings. The van der Waals surface area contributed by atoms with Crippen molar-refractivity contribution in [1.29, 1.82) is 0 Å². The minimum atomic E-state index is 0.171. The molecule has 2 unspecified atom stereocenters. The average molecular weight is 208 g/mol. The van der Waals surface area contributed by atoms with E-state index in [1.54, 1.807) is 0 Å². The standard InChI is InChI=1S/C13H24N2/c1-5-14-10-11-8-6-7-9-12(11)15-13(2,3)4/h6-9,11-12,14-15H,5,10H2,1-4H3. The van der Waals surface area contributed by atoms with Crippen LogP contribution in [0.5, 0.6) is 0 Å². The molecule has 0 bridgehead atoms. The van der Waals surface area contributed by atoms with Gasteiger partial charge < -0.3 is 10.6 Å². The summed E-state index contributed by atoms with van der Waals surface area (Å²) in [6.07, 6.45) is 8.81. The van der Waals surface area contributed by atoms with Crippen LogP contribution in [0.1, 0.15) is 27.7 Å². The van der Waals surface area contributed by atoms with E-state index in [1.807, 2.05) is 0 Å². The van der Waals surface area contributed by atoms with Crippen LogP contribution in [0, 0.1) is 5.92 Å². The first kappa shape index (κ1) is 12.5. The van der Waals surface area contributed by atoms with Crippen molar-refractivity contribution in [3.8, 4) is 0 Å². The molecular formula is C13H24N2. The molecule has 0 heterocycles. The Labute approximate surface area is 93.8 Å². The topological polar surface area (TPSA) is 24.1 Å². The van der Waals surface area contributed by atoms with E-state index < -0.39 is 0 Å². The van der Waals surface area contributed by atoms with Gasteiger partial charge in [0.1, 0.15) is 0 Å². The summed E-state index contributed by atoms with van der Waals surface area (Å²) in [5, 5.41) is 7.05. The van der Waals surface area contributed by atoms with Crippen molar-refractivity contribution >= 4 is 0 Å². The van der Waals surface area contributed by atoms with Crippen LogP contribution >= 0.6 is 0 Å². The molecule has 0 saturated heterocycles. The summed E-state index contributed by atoms with van der Waals surface area (Å²) in [4.78, 5) is 0. The molecule has 0 aromatic carbocycles. The van der Waals surface area contributed by atoms with Crippen molar-refractivity contribution in [3.63, 3.8) is 0 Å². The molecule has 0 aliphatic heterocycles. The Morgan fingerprint density at radius 3 is 2.40 bits per heavy atom. The smallest absolute Gasteiger partial charge is 0.0333 e. The molecule has 15 heavy (non-hydrogen) atoms. The molecule has 0 amide bonds. The van der Waals surface area contributed by atoms with Gasteiger partial charge in [0.05, 0.1) is 0 Å². The highest BCUT2D eigenvalue weighted by atomic mass is 15.0. The fourth-order valence-electron chi connectivity index (χ4n) is 1.81. The predicted octanol–water partition coefficient (Wildman–Crippen LogP) is 2.09. The van der Waals surface area contributed by atoms with Gasteiger partial charge in [-0.2, -0.15) is 0 Å². The number of hydrogen-bond acceptors (Lipinski definition) is 2. The largest absolute Gasteiger partial charge is 0.316 e. The van der Waals surface area contributed by atoms with Crippen molar-refractivity contribution in [2.45, 2.75) is 39.3 Å². The summed E-state index contributed by atoms with van der Waals surface area (Å²) < 4.78 is 0. The van der Waals surface area contributed by atoms with Gasteiger partial charge in [0.15, 0.2) is 0 Å². The number of nitrogens with one attached hydrogen (secondary N) is 2. The first-order valence-electron chi connectivity index (χ1n) is 5.86. The fraction of sp³-hybridized carbons (Fsp3) is 0.692. The molecule has 1 rings (SSSR count). The summed E-state index contributed by atoms with van der Waals surface area (Å²) in [6, 6.07) is 0.453. The Morgan fingerprint density at radius 1 is 1.13 bits per heavy atom. The maximum Gasteiger partial charge on any atom is 0.0333 e. The molecule has 0 saturated carbocycles. The van der Waals surface area contributed by atoms with E-state index in [9.17, 15) is 0 Å². The molecule has 2 N–H and O–H groups in total. The van der Waals surface area contributed by atoms with E-state index in [2.05, 4.69) is 62.6 Å². The van der Waals surface area contributed by atoms with Gasteiger partial charge in [0.25, 0.3) is 0 Å². The second-order valence-corrected chi connectivity index (χ2v) is 5.16. The summed E-state index contributed by atoms with van der Waals surface area (Å²) in [5.74, 6) is 0.564. The Morgan fingerprint density at radius 2 is 1.80 bits per heavy atom. The molecule has 0 radical (unpaired) electrons. The maximum absolute atomic E-state index is 3.64. The van der Waals surface area contributed by atoms with E-state index in [-0.39, 0.29) is 5.54 Å². The van der Waals surface area contributed by atoms with Crippen LogP contribution in [0.25, 0.3) is 0 Å². The highest BCUT2D eigenvalue weighted by molar-refractivity contribution is 5.18. The lowest BCUT2D eigenvalue weighted by Gasteiger charge is -2.32. The molecule has 2 heteroatoms. The third-order valence-corrected chi connectivity index (χ3v) is 2.48. The van der Waals surface area contributed by atoms with E-state index in [0.29, 0.717) is 12.0 Å². The van der Waals surface area contributed by atoms with E-state index in [1.165, 1.54) is 0 Å². The summed E-state index contributed by atoms with van der Waals surface area (Å²) >= 11 is 0. The molecule has 0 spiro atoms. The van der Waals surface area contributed by atoms with Gasteiger partial charge in [0.2, 0.25) is 0 Å². The van der Waals surface area contributed by atoms with Gasteiger partial charge in [-0.25, -0.2) is 0 Å². The van der Waals surface area contributed by atoms with Crippen LogP contribution in [-0.4, -0.2) is 24.7 Å². The normalized spacial score (nSPS) is 25.9. The maximum atomic E-state index is 3.64. The monoisotopic (exact) mass is 208 g/mol. The predicted molar refractivity (Wildman–Crippen MR) is 67.0 cm³/mol. The molecule has 2 atom stereocenters. The summed E-state index contributed by atoms with van der Waals surface area (Å²) in [7, 11) is 0. The van der Waals surface area contributed by atoms with Crippen molar-refractivity contribution in [2.75, 3.05) is 13.1 Å². The third-order valence-electron chi connectivity index (χ3n) is 2.48. The highest BCUT2D eigenvalue weighted by Crippen LogP contribution is 2.15.